The minimum atomic E-state index is -1.75. The summed E-state index contributed by atoms with van der Waals surface area (Å²) in [5, 5.41) is 27.3. The van der Waals surface area contributed by atoms with Crippen LogP contribution >= 0.6 is 0 Å². The predicted molar refractivity (Wildman–Crippen MR) is 84.4 cm³/mol. The summed E-state index contributed by atoms with van der Waals surface area (Å²) in [5.74, 6) is -3.66. The highest BCUT2D eigenvalue weighted by Crippen LogP contribution is 2.23. The lowest BCUT2D eigenvalue weighted by molar-refractivity contribution is -0.197. The number of hydrogen-bond acceptors (Lipinski definition) is 10. The van der Waals surface area contributed by atoms with Gasteiger partial charge in [0.1, 0.15) is 13.3 Å². The molecule has 1 saturated heterocycles. The largest absolute Gasteiger partial charge is 0.480 e. The van der Waals surface area contributed by atoms with Gasteiger partial charge in [-0.15, -0.1) is 0 Å². The molecule has 0 aromatic rings. The van der Waals surface area contributed by atoms with Crippen molar-refractivity contribution in [2.24, 2.45) is 0 Å². The van der Waals surface area contributed by atoms with Crippen LogP contribution in [0.5, 0.6) is 0 Å². The molecule has 13 nitrogen and oxygen atoms in total. The highest BCUT2D eigenvalue weighted by atomic mass is 16.6. The molecule has 0 radical (unpaired) electrons. The molecule has 0 aromatic carbocycles. The maximum absolute atomic E-state index is 11.2. The fraction of sp³-hybridized carbons (Fsp3) is 0.643. The van der Waals surface area contributed by atoms with Gasteiger partial charge in [-0.25, -0.2) is 4.90 Å². The zero-order valence-corrected chi connectivity index (χ0v) is 14.4. The highest BCUT2D eigenvalue weighted by molar-refractivity contribution is 5.70. The summed E-state index contributed by atoms with van der Waals surface area (Å²) in [6.07, 6.45) is 0. The second kappa shape index (κ2) is 10.4. The van der Waals surface area contributed by atoms with Gasteiger partial charge in [-0.3, -0.25) is 33.8 Å². The van der Waals surface area contributed by atoms with Crippen LogP contribution in [0.25, 0.3) is 0 Å². The molecular weight excluding hydrogens is 370 g/mol. The molecule has 0 bridgehead atoms. The summed E-state index contributed by atoms with van der Waals surface area (Å²) in [6.45, 7) is -2.22. The lowest BCUT2D eigenvalue weighted by Crippen LogP contribution is -2.63. The number of hydrogen-bond donors (Lipinski definition) is 3. The Balaban J connectivity index is 3.28. The summed E-state index contributed by atoms with van der Waals surface area (Å²) in [4.78, 5) is 58.9. The molecule has 13 heteroatoms. The van der Waals surface area contributed by atoms with Crippen LogP contribution in [0.3, 0.4) is 0 Å². The molecule has 0 aliphatic carbocycles. The Bertz CT molecular complexity index is 543. The van der Waals surface area contributed by atoms with Gasteiger partial charge < -0.3 is 24.8 Å². The third-order valence-corrected chi connectivity index (χ3v) is 3.86. The van der Waals surface area contributed by atoms with Crippen molar-refractivity contribution in [2.75, 3.05) is 52.5 Å². The Kier molecular flexibility index (Phi) is 8.58. The SMILES string of the molecule is O=COCN(CC(=O)O)C1(OC=O)CN(CC(=O)O)CCN(CC(=O)O)C1. The van der Waals surface area contributed by atoms with Gasteiger partial charge in [0.15, 0.2) is 5.72 Å². The van der Waals surface area contributed by atoms with Gasteiger partial charge in [-0.05, 0) is 0 Å². The van der Waals surface area contributed by atoms with Gasteiger partial charge in [0.25, 0.3) is 12.9 Å². The number of ether oxygens (including phenoxy) is 2. The average Bonchev–Trinajstić information content (AvgIpc) is 2.70. The van der Waals surface area contributed by atoms with E-state index in [2.05, 4.69) is 4.74 Å². The topological polar surface area (TPSA) is 174 Å². The molecule has 0 aromatic heterocycles. The molecule has 0 spiro atoms. The predicted octanol–water partition coefficient (Wildman–Crippen LogP) is -2.84. The van der Waals surface area contributed by atoms with E-state index in [1.54, 1.807) is 0 Å². The van der Waals surface area contributed by atoms with E-state index in [0.717, 1.165) is 4.90 Å². The zero-order chi connectivity index (χ0) is 20.4. The van der Waals surface area contributed by atoms with E-state index in [1.165, 1.54) is 9.80 Å². The molecule has 1 heterocycles. The van der Waals surface area contributed by atoms with Crippen LogP contribution in [0, 0.1) is 0 Å². The van der Waals surface area contributed by atoms with Crippen molar-refractivity contribution in [1.29, 1.82) is 0 Å². The van der Waals surface area contributed by atoms with Gasteiger partial charge >= 0.3 is 17.9 Å². The van der Waals surface area contributed by atoms with E-state index in [0.29, 0.717) is 0 Å². The molecule has 0 saturated carbocycles. The van der Waals surface area contributed by atoms with E-state index < -0.39 is 50.0 Å². The van der Waals surface area contributed by atoms with Crippen LogP contribution in [0.15, 0.2) is 0 Å². The van der Waals surface area contributed by atoms with E-state index in [4.69, 9.17) is 20.1 Å². The summed E-state index contributed by atoms with van der Waals surface area (Å²) >= 11 is 0. The van der Waals surface area contributed by atoms with Crippen LogP contribution in [0.4, 0.5) is 0 Å². The molecule has 0 atom stereocenters. The Hall–Kier alpha value is -2.77. The Morgan fingerprint density at radius 2 is 1.44 bits per heavy atom. The van der Waals surface area contributed by atoms with E-state index in [1.807, 2.05) is 0 Å². The van der Waals surface area contributed by atoms with E-state index in [-0.39, 0.29) is 39.1 Å². The summed E-state index contributed by atoms with van der Waals surface area (Å²) in [6, 6.07) is 0. The minimum Gasteiger partial charge on any atom is -0.480 e. The first-order valence-corrected chi connectivity index (χ1v) is 7.74. The number of aliphatic carboxylic acids is 3. The number of carboxylic acid groups (broad SMARTS) is 3. The normalized spacial score (nSPS) is 17.7. The second-order valence-electron chi connectivity index (χ2n) is 5.85. The van der Waals surface area contributed by atoms with Gasteiger partial charge in [0, 0.05) is 13.1 Å². The first-order valence-electron chi connectivity index (χ1n) is 7.74. The van der Waals surface area contributed by atoms with Crippen molar-refractivity contribution in [3.63, 3.8) is 0 Å². The van der Waals surface area contributed by atoms with Crippen molar-refractivity contribution in [3.05, 3.63) is 0 Å². The smallest absolute Gasteiger partial charge is 0.317 e. The maximum Gasteiger partial charge on any atom is 0.317 e. The molecule has 3 N–H and O–H groups in total. The van der Waals surface area contributed by atoms with Gasteiger partial charge in [-0.2, -0.15) is 0 Å². The third-order valence-electron chi connectivity index (χ3n) is 3.86. The molecular formula is C14H21N3O10. The van der Waals surface area contributed by atoms with E-state index >= 15 is 0 Å². The number of carbonyl (C=O) groups excluding carboxylic acids is 2. The first-order chi connectivity index (χ1) is 12.7. The molecule has 152 valence electrons. The number of carbonyl (C=O) groups is 5. The number of rotatable bonds is 12. The van der Waals surface area contributed by atoms with Crippen molar-refractivity contribution in [2.45, 2.75) is 5.72 Å². The van der Waals surface area contributed by atoms with Crippen molar-refractivity contribution in [1.82, 2.24) is 14.7 Å². The fourth-order valence-corrected chi connectivity index (χ4v) is 2.87. The molecule has 27 heavy (non-hydrogen) atoms. The second-order valence-corrected chi connectivity index (χ2v) is 5.85. The van der Waals surface area contributed by atoms with Crippen LogP contribution in [0.2, 0.25) is 0 Å². The highest BCUT2D eigenvalue weighted by Gasteiger charge is 2.45. The summed E-state index contributed by atoms with van der Waals surface area (Å²) in [7, 11) is 0. The summed E-state index contributed by atoms with van der Waals surface area (Å²) < 4.78 is 9.76. The number of nitrogens with zero attached hydrogens (tertiary/aromatic N) is 3. The Morgan fingerprint density at radius 1 is 0.926 bits per heavy atom. The zero-order valence-electron chi connectivity index (χ0n) is 14.4. The average molecular weight is 391 g/mol. The van der Waals surface area contributed by atoms with Crippen LogP contribution in [-0.4, -0.2) is 119 Å². The molecule has 1 rings (SSSR count). The molecule has 0 amide bonds. The molecule has 1 fully saturated rings. The van der Waals surface area contributed by atoms with Gasteiger partial charge in [0.05, 0.1) is 26.2 Å². The summed E-state index contributed by atoms with van der Waals surface area (Å²) in [5.41, 5.74) is -1.75. The molecule has 0 unspecified atom stereocenters. The van der Waals surface area contributed by atoms with Gasteiger partial charge in [-0.1, -0.05) is 0 Å². The van der Waals surface area contributed by atoms with Gasteiger partial charge in [0.2, 0.25) is 0 Å². The fourth-order valence-electron chi connectivity index (χ4n) is 2.87. The quantitative estimate of drug-likeness (QED) is 0.229. The van der Waals surface area contributed by atoms with Crippen LogP contribution in [0.1, 0.15) is 0 Å². The number of carboxylic acids is 3. The maximum atomic E-state index is 11.2. The van der Waals surface area contributed by atoms with Crippen molar-refractivity contribution in [3.8, 4) is 0 Å². The third kappa shape index (κ3) is 7.16. The van der Waals surface area contributed by atoms with Crippen LogP contribution < -0.4 is 0 Å². The minimum absolute atomic E-state index is 0.0545. The van der Waals surface area contributed by atoms with Crippen molar-refractivity contribution >= 4 is 30.9 Å². The molecule has 1 aliphatic rings. The van der Waals surface area contributed by atoms with Crippen LogP contribution in [-0.2, 0) is 33.4 Å². The monoisotopic (exact) mass is 391 g/mol. The lowest BCUT2D eigenvalue weighted by atomic mass is 10.1. The molecule has 1 aliphatic heterocycles. The van der Waals surface area contributed by atoms with Crippen molar-refractivity contribution < 1.29 is 48.8 Å². The Morgan fingerprint density at radius 3 is 1.81 bits per heavy atom. The lowest BCUT2D eigenvalue weighted by Gasteiger charge is -2.42. The first kappa shape index (κ1) is 22.3. The standard InChI is InChI=1S/C14H21N3O10/c18-9-26-8-17(5-13(24)25)14(27-10-19)6-15(3-11(20)21)1-2-16(7-14)4-12(22)23/h9-10H,1-8H2,(H,20,21)(H,22,23)(H,24,25). The van der Waals surface area contributed by atoms with E-state index in [9.17, 15) is 24.0 Å². The Labute approximate surface area is 153 Å².